The van der Waals surface area contributed by atoms with Crippen LogP contribution in [0.5, 0.6) is 0 Å². The van der Waals surface area contributed by atoms with Crippen LogP contribution in [0.15, 0.2) is 29.2 Å². The number of aliphatic hydroxyl groups is 1. The Morgan fingerprint density at radius 1 is 1.50 bits per heavy atom. The summed E-state index contributed by atoms with van der Waals surface area (Å²) in [6, 6.07) is 5.74. The molecular weight excluding hydrogens is 256 g/mol. The van der Waals surface area contributed by atoms with E-state index in [1.165, 1.54) is 23.9 Å². The summed E-state index contributed by atoms with van der Waals surface area (Å²) < 4.78 is 0. The van der Waals surface area contributed by atoms with Gasteiger partial charge in [0.15, 0.2) is 0 Å². The number of nitro groups is 1. The highest BCUT2D eigenvalue weighted by molar-refractivity contribution is 8.00. The van der Waals surface area contributed by atoms with E-state index in [0.29, 0.717) is 0 Å². The first kappa shape index (κ1) is 14.5. The summed E-state index contributed by atoms with van der Waals surface area (Å²) in [6.07, 6.45) is 0. The fourth-order valence-electron chi connectivity index (χ4n) is 1.18. The summed E-state index contributed by atoms with van der Waals surface area (Å²) in [6.45, 7) is 1.60. The Labute approximate surface area is 109 Å². The van der Waals surface area contributed by atoms with E-state index in [9.17, 15) is 14.9 Å². The Morgan fingerprint density at radius 3 is 2.61 bits per heavy atom. The molecule has 1 aromatic rings. The van der Waals surface area contributed by atoms with Crippen LogP contribution < -0.4 is 5.32 Å². The Balaban J connectivity index is 2.44. The van der Waals surface area contributed by atoms with Crippen molar-refractivity contribution in [2.24, 2.45) is 0 Å². The second kappa shape index (κ2) is 6.97. The summed E-state index contributed by atoms with van der Waals surface area (Å²) in [7, 11) is 0. The first-order chi connectivity index (χ1) is 8.52. The van der Waals surface area contributed by atoms with Gasteiger partial charge in [0, 0.05) is 23.1 Å². The molecular formula is C11H14N2O4S. The van der Waals surface area contributed by atoms with E-state index in [4.69, 9.17) is 5.11 Å². The number of non-ortho nitro benzene ring substituents is 1. The van der Waals surface area contributed by atoms with Gasteiger partial charge in [-0.15, -0.1) is 11.8 Å². The number of hydrogen-bond donors (Lipinski definition) is 2. The minimum Gasteiger partial charge on any atom is -0.394 e. The van der Waals surface area contributed by atoms with Crippen molar-refractivity contribution in [3.05, 3.63) is 34.4 Å². The second-order valence-corrected chi connectivity index (χ2v) is 4.74. The van der Waals surface area contributed by atoms with Crippen molar-refractivity contribution in [3.63, 3.8) is 0 Å². The molecule has 1 rings (SSSR count). The number of nitrogens with zero attached hydrogens (tertiary/aromatic N) is 1. The van der Waals surface area contributed by atoms with Crippen molar-refractivity contribution in [2.75, 3.05) is 12.4 Å². The first-order valence-corrected chi connectivity index (χ1v) is 6.29. The number of nitro benzene ring substituents is 1. The molecule has 0 radical (unpaired) electrons. The van der Waals surface area contributed by atoms with E-state index >= 15 is 0 Å². The van der Waals surface area contributed by atoms with Gasteiger partial charge in [0.1, 0.15) is 0 Å². The largest absolute Gasteiger partial charge is 0.394 e. The zero-order valence-electron chi connectivity index (χ0n) is 9.83. The van der Waals surface area contributed by atoms with Gasteiger partial charge < -0.3 is 10.4 Å². The van der Waals surface area contributed by atoms with E-state index in [-0.39, 0.29) is 30.0 Å². The molecule has 0 heterocycles. The fourth-order valence-corrected chi connectivity index (χ4v) is 1.88. The Hall–Kier alpha value is -1.60. The minimum absolute atomic E-state index is 0.0257. The molecule has 0 bridgehead atoms. The molecule has 0 aliphatic carbocycles. The van der Waals surface area contributed by atoms with Crippen molar-refractivity contribution in [2.45, 2.75) is 17.9 Å². The zero-order valence-corrected chi connectivity index (χ0v) is 10.6. The first-order valence-electron chi connectivity index (χ1n) is 5.30. The highest BCUT2D eigenvalue weighted by Gasteiger charge is 2.08. The lowest BCUT2D eigenvalue weighted by Gasteiger charge is -2.10. The molecule has 6 nitrogen and oxygen atoms in total. The lowest BCUT2D eigenvalue weighted by atomic mass is 10.3. The maximum atomic E-state index is 11.4. The van der Waals surface area contributed by atoms with Crippen LogP contribution in [0.25, 0.3) is 0 Å². The molecule has 2 N–H and O–H groups in total. The van der Waals surface area contributed by atoms with Crippen LogP contribution in [-0.4, -0.2) is 34.3 Å². The molecule has 0 aliphatic heterocycles. The molecule has 0 saturated heterocycles. The highest BCUT2D eigenvalue weighted by Crippen LogP contribution is 2.20. The topological polar surface area (TPSA) is 92.5 Å². The van der Waals surface area contributed by atoms with Crippen LogP contribution in [0.3, 0.4) is 0 Å². The van der Waals surface area contributed by atoms with Crippen LogP contribution in [-0.2, 0) is 4.79 Å². The molecule has 0 unspecified atom stereocenters. The standard InChI is InChI=1S/C11H14N2O4S/c1-8(6-14)12-11(15)7-18-10-4-2-9(3-5-10)13(16)17/h2-5,8,14H,6-7H2,1H3,(H,12,15)/t8-/m1/s1. The number of nitrogens with one attached hydrogen (secondary N) is 1. The zero-order chi connectivity index (χ0) is 13.5. The van der Waals surface area contributed by atoms with Crippen LogP contribution in [0.1, 0.15) is 6.92 Å². The van der Waals surface area contributed by atoms with E-state index < -0.39 is 4.92 Å². The Kier molecular flexibility index (Phi) is 5.60. The molecule has 0 aliphatic rings. The molecule has 0 aromatic heterocycles. The second-order valence-electron chi connectivity index (χ2n) is 3.69. The number of aliphatic hydroxyl groups excluding tert-OH is 1. The van der Waals surface area contributed by atoms with Gasteiger partial charge in [0.05, 0.1) is 17.3 Å². The summed E-state index contributed by atoms with van der Waals surface area (Å²) in [4.78, 5) is 22.2. The van der Waals surface area contributed by atoms with Gasteiger partial charge in [-0.05, 0) is 19.1 Å². The molecule has 1 amide bonds. The maximum absolute atomic E-state index is 11.4. The number of carbonyl (C=O) groups is 1. The number of thioether (sulfide) groups is 1. The molecule has 0 spiro atoms. The van der Waals surface area contributed by atoms with E-state index in [2.05, 4.69) is 5.32 Å². The van der Waals surface area contributed by atoms with Crippen molar-refractivity contribution in [1.29, 1.82) is 0 Å². The summed E-state index contributed by atoms with van der Waals surface area (Å²) in [5.74, 6) is 0.0298. The normalized spacial score (nSPS) is 11.9. The van der Waals surface area contributed by atoms with Crippen molar-refractivity contribution in [3.8, 4) is 0 Å². The molecule has 7 heteroatoms. The van der Waals surface area contributed by atoms with Gasteiger partial charge in [-0.2, -0.15) is 0 Å². The molecule has 1 aromatic carbocycles. The third-order valence-corrected chi connectivity index (χ3v) is 3.11. The van der Waals surface area contributed by atoms with E-state index in [1.807, 2.05) is 0 Å². The highest BCUT2D eigenvalue weighted by atomic mass is 32.2. The average Bonchev–Trinajstić information content (AvgIpc) is 2.36. The monoisotopic (exact) mass is 270 g/mol. The predicted octanol–water partition coefficient (Wildman–Crippen LogP) is 1.18. The summed E-state index contributed by atoms with van der Waals surface area (Å²) >= 11 is 1.29. The Bertz CT molecular complexity index is 422. The minimum atomic E-state index is -0.468. The van der Waals surface area contributed by atoms with Crippen molar-refractivity contribution in [1.82, 2.24) is 5.32 Å². The summed E-state index contributed by atoms with van der Waals surface area (Å²) in [5.41, 5.74) is 0.0257. The molecule has 0 saturated carbocycles. The smallest absolute Gasteiger partial charge is 0.269 e. The van der Waals surface area contributed by atoms with Crippen LogP contribution in [0, 0.1) is 10.1 Å². The quantitative estimate of drug-likeness (QED) is 0.460. The maximum Gasteiger partial charge on any atom is 0.269 e. The number of carbonyl (C=O) groups excluding carboxylic acids is 1. The van der Waals surface area contributed by atoms with Gasteiger partial charge in [0.2, 0.25) is 5.91 Å². The van der Waals surface area contributed by atoms with Gasteiger partial charge in [-0.1, -0.05) is 0 Å². The third kappa shape index (κ3) is 4.72. The van der Waals surface area contributed by atoms with Gasteiger partial charge in [-0.3, -0.25) is 14.9 Å². The molecule has 18 heavy (non-hydrogen) atoms. The van der Waals surface area contributed by atoms with Crippen LogP contribution >= 0.6 is 11.8 Å². The summed E-state index contributed by atoms with van der Waals surface area (Å²) in [5, 5.41) is 21.8. The van der Waals surface area contributed by atoms with E-state index in [0.717, 1.165) is 4.90 Å². The van der Waals surface area contributed by atoms with Crippen LogP contribution in [0.2, 0.25) is 0 Å². The van der Waals surface area contributed by atoms with Gasteiger partial charge in [-0.25, -0.2) is 0 Å². The third-order valence-electron chi connectivity index (χ3n) is 2.10. The average molecular weight is 270 g/mol. The van der Waals surface area contributed by atoms with Gasteiger partial charge >= 0.3 is 0 Å². The number of rotatable bonds is 6. The van der Waals surface area contributed by atoms with Crippen molar-refractivity contribution >= 4 is 23.4 Å². The lowest BCUT2D eigenvalue weighted by Crippen LogP contribution is -2.36. The van der Waals surface area contributed by atoms with Crippen molar-refractivity contribution < 1.29 is 14.8 Å². The molecule has 98 valence electrons. The molecule has 0 fully saturated rings. The Morgan fingerprint density at radius 2 is 2.11 bits per heavy atom. The fraction of sp³-hybridized carbons (Fsp3) is 0.364. The van der Waals surface area contributed by atoms with E-state index in [1.54, 1.807) is 19.1 Å². The van der Waals surface area contributed by atoms with Gasteiger partial charge in [0.25, 0.3) is 5.69 Å². The number of benzene rings is 1. The predicted molar refractivity (Wildman–Crippen MR) is 68.5 cm³/mol. The SMILES string of the molecule is C[C@H](CO)NC(=O)CSc1ccc([N+](=O)[O-])cc1. The number of amides is 1. The lowest BCUT2D eigenvalue weighted by molar-refractivity contribution is -0.384. The van der Waals surface area contributed by atoms with Crippen LogP contribution in [0.4, 0.5) is 5.69 Å². The molecule has 1 atom stereocenters. The number of hydrogen-bond acceptors (Lipinski definition) is 5.